The molecule has 0 bridgehead atoms. The van der Waals surface area contributed by atoms with Crippen molar-refractivity contribution in [2.45, 2.75) is 25.9 Å². The molecule has 6 nitrogen and oxygen atoms in total. The molecule has 0 atom stereocenters. The van der Waals surface area contributed by atoms with Crippen LogP contribution < -0.4 is 5.73 Å². The molecule has 3 N–H and O–H groups in total. The zero-order chi connectivity index (χ0) is 13.9. The summed E-state index contributed by atoms with van der Waals surface area (Å²) in [4.78, 5) is 12.2. The monoisotopic (exact) mass is 253 g/mol. The van der Waals surface area contributed by atoms with E-state index in [4.69, 9.17) is 5.73 Å². The van der Waals surface area contributed by atoms with Crippen LogP contribution in [0.5, 0.6) is 0 Å². The van der Waals surface area contributed by atoms with Crippen molar-refractivity contribution in [2.24, 2.45) is 0 Å². The maximum Gasteiger partial charge on any atom is 0.292 e. The van der Waals surface area contributed by atoms with E-state index in [2.05, 4.69) is 0 Å². The number of likely N-dealkylation sites (N-methyl/N-ethyl adjacent to an activating group) is 1. The molecule has 0 heterocycles. The van der Waals surface area contributed by atoms with Gasteiger partial charge in [-0.2, -0.15) is 0 Å². The molecule has 0 spiro atoms. The van der Waals surface area contributed by atoms with E-state index in [1.165, 1.54) is 12.1 Å². The van der Waals surface area contributed by atoms with Crippen molar-refractivity contribution in [3.05, 3.63) is 33.9 Å². The SMILES string of the molecule is CN(Cc1ccc(N)c([N+](=O)[O-])c1)C(C)(C)CO. The number of nitrogen functional groups attached to an aromatic ring is 1. The zero-order valence-corrected chi connectivity index (χ0v) is 10.9. The van der Waals surface area contributed by atoms with E-state index in [9.17, 15) is 15.2 Å². The number of benzene rings is 1. The number of aliphatic hydroxyl groups is 1. The van der Waals surface area contributed by atoms with Gasteiger partial charge in [-0.15, -0.1) is 0 Å². The van der Waals surface area contributed by atoms with Gasteiger partial charge in [-0.25, -0.2) is 0 Å². The minimum atomic E-state index is -0.490. The zero-order valence-electron chi connectivity index (χ0n) is 10.9. The lowest BCUT2D eigenvalue weighted by molar-refractivity contribution is -0.384. The Kier molecular flexibility index (Phi) is 4.26. The van der Waals surface area contributed by atoms with Gasteiger partial charge in [-0.3, -0.25) is 15.0 Å². The number of anilines is 1. The smallest absolute Gasteiger partial charge is 0.292 e. The molecular formula is C12H19N3O3. The van der Waals surface area contributed by atoms with Gasteiger partial charge in [0.05, 0.1) is 11.5 Å². The van der Waals surface area contributed by atoms with E-state index in [0.29, 0.717) is 6.54 Å². The maximum atomic E-state index is 10.8. The van der Waals surface area contributed by atoms with Crippen molar-refractivity contribution in [3.8, 4) is 0 Å². The van der Waals surface area contributed by atoms with Crippen LogP contribution in [0.2, 0.25) is 0 Å². The normalized spacial score (nSPS) is 11.8. The lowest BCUT2D eigenvalue weighted by Crippen LogP contribution is -2.43. The fourth-order valence-corrected chi connectivity index (χ4v) is 1.45. The molecule has 1 aromatic rings. The Morgan fingerprint density at radius 1 is 1.50 bits per heavy atom. The molecule has 0 saturated heterocycles. The van der Waals surface area contributed by atoms with E-state index >= 15 is 0 Å². The van der Waals surface area contributed by atoms with E-state index in [1.807, 2.05) is 25.8 Å². The summed E-state index contributed by atoms with van der Waals surface area (Å²) >= 11 is 0. The Balaban J connectivity index is 2.93. The number of nitro benzene ring substituents is 1. The summed E-state index contributed by atoms with van der Waals surface area (Å²) in [5.74, 6) is 0. The Bertz CT molecular complexity index is 446. The average molecular weight is 253 g/mol. The number of nitrogens with zero attached hydrogens (tertiary/aromatic N) is 2. The highest BCUT2D eigenvalue weighted by atomic mass is 16.6. The van der Waals surface area contributed by atoms with Crippen LogP contribution in [-0.2, 0) is 6.54 Å². The van der Waals surface area contributed by atoms with E-state index in [1.54, 1.807) is 6.07 Å². The van der Waals surface area contributed by atoms with Gasteiger partial charge < -0.3 is 10.8 Å². The second-order valence-corrected chi connectivity index (χ2v) is 4.98. The minimum Gasteiger partial charge on any atom is -0.394 e. The van der Waals surface area contributed by atoms with E-state index < -0.39 is 4.92 Å². The minimum absolute atomic E-state index is 0.0145. The second-order valence-electron chi connectivity index (χ2n) is 4.98. The van der Waals surface area contributed by atoms with Gasteiger partial charge in [-0.1, -0.05) is 6.07 Å². The largest absolute Gasteiger partial charge is 0.394 e. The summed E-state index contributed by atoms with van der Waals surface area (Å²) in [7, 11) is 1.86. The third-order valence-corrected chi connectivity index (χ3v) is 3.13. The molecule has 1 rings (SSSR count). The molecule has 0 aliphatic rings. The lowest BCUT2D eigenvalue weighted by Gasteiger charge is -2.33. The molecule has 0 aliphatic carbocycles. The fraction of sp³-hybridized carbons (Fsp3) is 0.500. The van der Waals surface area contributed by atoms with Crippen molar-refractivity contribution >= 4 is 11.4 Å². The predicted molar refractivity (Wildman–Crippen MR) is 70.1 cm³/mol. The van der Waals surface area contributed by atoms with Crippen LogP contribution in [0, 0.1) is 10.1 Å². The highest BCUT2D eigenvalue weighted by Crippen LogP contribution is 2.24. The van der Waals surface area contributed by atoms with Crippen LogP contribution in [0.4, 0.5) is 11.4 Å². The molecule has 0 fully saturated rings. The van der Waals surface area contributed by atoms with E-state index in [0.717, 1.165) is 5.56 Å². The molecule has 100 valence electrons. The highest BCUT2D eigenvalue weighted by molar-refractivity contribution is 5.59. The molecule has 0 amide bonds. The lowest BCUT2D eigenvalue weighted by atomic mass is 10.0. The maximum absolute atomic E-state index is 10.8. The number of rotatable bonds is 5. The van der Waals surface area contributed by atoms with Gasteiger partial charge in [0.15, 0.2) is 0 Å². The molecule has 18 heavy (non-hydrogen) atoms. The van der Waals surface area contributed by atoms with Crippen molar-refractivity contribution in [2.75, 3.05) is 19.4 Å². The molecule has 0 radical (unpaired) electrons. The Hall–Kier alpha value is -1.66. The first-order valence-electron chi connectivity index (χ1n) is 5.63. The molecule has 0 aromatic heterocycles. The number of hydrogen-bond donors (Lipinski definition) is 2. The average Bonchev–Trinajstić information content (AvgIpc) is 2.31. The topological polar surface area (TPSA) is 92.6 Å². The predicted octanol–water partition coefficient (Wildman–Crippen LogP) is 1.38. The van der Waals surface area contributed by atoms with Gasteiger partial charge in [0.2, 0.25) is 0 Å². The number of nitrogens with two attached hydrogens (primary N) is 1. The summed E-state index contributed by atoms with van der Waals surface area (Å²) in [5.41, 5.74) is 6.03. The van der Waals surface area contributed by atoms with Crippen LogP contribution in [-0.4, -0.2) is 34.1 Å². The molecule has 0 saturated carbocycles. The molecule has 1 aromatic carbocycles. The van der Waals surface area contributed by atoms with Crippen molar-refractivity contribution in [3.63, 3.8) is 0 Å². The summed E-state index contributed by atoms with van der Waals surface area (Å²) in [6, 6.07) is 4.76. The van der Waals surface area contributed by atoms with Crippen LogP contribution in [0.25, 0.3) is 0 Å². The quantitative estimate of drug-likeness (QED) is 0.470. The third-order valence-electron chi connectivity index (χ3n) is 3.13. The third kappa shape index (κ3) is 3.18. The molecule has 0 unspecified atom stereocenters. The molecule has 0 aliphatic heterocycles. The Morgan fingerprint density at radius 2 is 2.11 bits per heavy atom. The first-order valence-corrected chi connectivity index (χ1v) is 5.63. The summed E-state index contributed by atoms with van der Waals surface area (Å²) in [6.45, 7) is 4.33. The van der Waals surface area contributed by atoms with Gasteiger partial charge in [0.25, 0.3) is 5.69 Å². The first kappa shape index (κ1) is 14.4. The first-order chi connectivity index (χ1) is 8.27. The van der Waals surface area contributed by atoms with Crippen LogP contribution in [0.15, 0.2) is 18.2 Å². The summed E-state index contributed by atoms with van der Waals surface area (Å²) in [6.07, 6.45) is 0. The number of nitro groups is 1. The van der Waals surface area contributed by atoms with Gasteiger partial charge >= 0.3 is 0 Å². The number of hydrogen-bond acceptors (Lipinski definition) is 5. The van der Waals surface area contributed by atoms with Crippen LogP contribution >= 0.6 is 0 Å². The Morgan fingerprint density at radius 3 is 2.61 bits per heavy atom. The summed E-state index contributed by atoms with van der Waals surface area (Å²) < 4.78 is 0. The second kappa shape index (κ2) is 5.32. The fourth-order valence-electron chi connectivity index (χ4n) is 1.45. The summed E-state index contributed by atoms with van der Waals surface area (Å²) in [5, 5.41) is 20.0. The van der Waals surface area contributed by atoms with E-state index in [-0.39, 0.29) is 23.5 Å². The highest BCUT2D eigenvalue weighted by Gasteiger charge is 2.23. The Labute approximate surface area is 106 Å². The molecule has 6 heteroatoms. The van der Waals surface area contributed by atoms with Gasteiger partial charge in [-0.05, 0) is 32.5 Å². The van der Waals surface area contributed by atoms with Crippen molar-refractivity contribution in [1.29, 1.82) is 0 Å². The van der Waals surface area contributed by atoms with Crippen molar-refractivity contribution in [1.82, 2.24) is 4.90 Å². The standard InChI is InChI=1S/C12H19N3O3/c1-12(2,8-16)14(3)7-9-4-5-10(13)11(6-9)15(17)18/h4-6,16H,7-8,13H2,1-3H3. The van der Waals surface area contributed by atoms with Gasteiger partial charge in [0.1, 0.15) is 5.69 Å². The van der Waals surface area contributed by atoms with Crippen LogP contribution in [0.1, 0.15) is 19.4 Å². The molecular weight excluding hydrogens is 234 g/mol. The van der Waals surface area contributed by atoms with Crippen molar-refractivity contribution < 1.29 is 10.0 Å². The number of aliphatic hydroxyl groups excluding tert-OH is 1. The van der Waals surface area contributed by atoms with Crippen LogP contribution in [0.3, 0.4) is 0 Å². The van der Waals surface area contributed by atoms with Gasteiger partial charge in [0, 0.05) is 18.2 Å².